The summed E-state index contributed by atoms with van der Waals surface area (Å²) in [4.78, 5) is 15.8. The first-order valence-corrected chi connectivity index (χ1v) is 4.74. The van der Waals surface area contributed by atoms with E-state index in [1.54, 1.807) is 0 Å². The maximum absolute atomic E-state index is 10.5. The number of nitro groups is 1. The summed E-state index contributed by atoms with van der Waals surface area (Å²) in [7, 11) is 0. The van der Waals surface area contributed by atoms with Crippen molar-refractivity contribution in [3.05, 3.63) is 38.4 Å². The first-order chi connectivity index (χ1) is 8.47. The van der Waals surface area contributed by atoms with E-state index in [2.05, 4.69) is 15.0 Å². The number of rotatable bonds is 5. The number of aliphatic hydroxyl groups excluding tert-OH is 2. The number of nitrogen functional groups attached to an aromatic ring is 1. The van der Waals surface area contributed by atoms with Crippen LogP contribution in [0.15, 0.2) is 17.4 Å². The second-order valence-electron chi connectivity index (χ2n) is 3.35. The van der Waals surface area contributed by atoms with Gasteiger partial charge in [0.15, 0.2) is 0 Å². The number of hydrogen-bond donors (Lipinski definition) is 3. The smallest absolute Gasteiger partial charge is 0.288 e. The second kappa shape index (κ2) is 5.77. The standard InChI is InChI=1S/C8H10N6O4/c9-8-5(1-4(2-11-8)14(17)18)7(16)6(15)3-12-13-10/h1-2,6-7,15-16H,3H2,(H2,9,11). The number of nitrogens with zero attached hydrogens (tertiary/aromatic N) is 5. The molecule has 4 N–H and O–H groups in total. The maximum atomic E-state index is 10.5. The van der Waals surface area contributed by atoms with Gasteiger partial charge in [-0.1, -0.05) is 5.11 Å². The lowest BCUT2D eigenvalue weighted by atomic mass is 10.1. The summed E-state index contributed by atoms with van der Waals surface area (Å²) in [5.74, 6) is -0.145. The molecule has 10 heteroatoms. The van der Waals surface area contributed by atoms with Gasteiger partial charge in [-0.2, -0.15) is 0 Å². The molecule has 0 aromatic carbocycles. The average Bonchev–Trinajstić information content (AvgIpc) is 2.35. The van der Waals surface area contributed by atoms with Crippen molar-refractivity contribution < 1.29 is 15.1 Å². The first kappa shape index (κ1) is 13.6. The van der Waals surface area contributed by atoms with Gasteiger partial charge in [-0.05, 0) is 5.53 Å². The minimum absolute atomic E-state index is 0.0927. The zero-order valence-electron chi connectivity index (χ0n) is 9.04. The summed E-state index contributed by atoms with van der Waals surface area (Å²) in [6.07, 6.45) is -2.01. The zero-order chi connectivity index (χ0) is 13.7. The van der Waals surface area contributed by atoms with Crippen molar-refractivity contribution in [1.29, 1.82) is 0 Å². The van der Waals surface area contributed by atoms with Crippen molar-refractivity contribution >= 4 is 11.5 Å². The van der Waals surface area contributed by atoms with Crippen molar-refractivity contribution in [2.75, 3.05) is 12.3 Å². The van der Waals surface area contributed by atoms with E-state index in [9.17, 15) is 20.3 Å². The fourth-order valence-corrected chi connectivity index (χ4v) is 1.24. The van der Waals surface area contributed by atoms with Gasteiger partial charge in [-0.15, -0.1) is 0 Å². The molecule has 0 aliphatic rings. The van der Waals surface area contributed by atoms with Crippen LogP contribution in [0, 0.1) is 10.1 Å². The van der Waals surface area contributed by atoms with Gasteiger partial charge in [-0.25, -0.2) is 4.98 Å². The lowest BCUT2D eigenvalue weighted by molar-refractivity contribution is -0.385. The number of aliphatic hydroxyl groups is 2. The lowest BCUT2D eigenvalue weighted by Crippen LogP contribution is -2.22. The van der Waals surface area contributed by atoms with E-state index < -0.39 is 17.1 Å². The van der Waals surface area contributed by atoms with E-state index in [1.807, 2.05) is 0 Å². The molecule has 2 atom stereocenters. The Kier molecular flexibility index (Phi) is 4.38. The Hall–Kier alpha value is -2.42. The summed E-state index contributed by atoms with van der Waals surface area (Å²) in [6, 6.07) is 1.01. The second-order valence-corrected chi connectivity index (χ2v) is 3.35. The van der Waals surface area contributed by atoms with E-state index in [0.717, 1.165) is 12.3 Å². The van der Waals surface area contributed by atoms with E-state index in [0.29, 0.717) is 0 Å². The molecule has 0 saturated carbocycles. The zero-order valence-corrected chi connectivity index (χ0v) is 9.04. The Balaban J connectivity index is 3.03. The minimum atomic E-state index is -1.53. The molecule has 0 bridgehead atoms. The minimum Gasteiger partial charge on any atom is -0.390 e. The largest absolute Gasteiger partial charge is 0.390 e. The van der Waals surface area contributed by atoms with E-state index in [-0.39, 0.29) is 23.6 Å². The van der Waals surface area contributed by atoms with Crippen LogP contribution < -0.4 is 5.73 Å². The molecule has 18 heavy (non-hydrogen) atoms. The maximum Gasteiger partial charge on any atom is 0.288 e. The topological polar surface area (TPSA) is 171 Å². The van der Waals surface area contributed by atoms with Crippen LogP contribution in [0.1, 0.15) is 11.7 Å². The van der Waals surface area contributed by atoms with Crippen LogP contribution in [0.2, 0.25) is 0 Å². The molecule has 10 nitrogen and oxygen atoms in total. The van der Waals surface area contributed by atoms with Crippen LogP contribution >= 0.6 is 0 Å². The normalized spacial score (nSPS) is 13.4. The molecule has 0 spiro atoms. The Morgan fingerprint density at radius 2 is 2.33 bits per heavy atom. The van der Waals surface area contributed by atoms with Gasteiger partial charge in [0.05, 0.1) is 17.6 Å². The average molecular weight is 254 g/mol. The highest BCUT2D eigenvalue weighted by atomic mass is 16.6. The Labute approximate surface area is 100 Å². The highest BCUT2D eigenvalue weighted by Gasteiger charge is 2.23. The molecule has 0 aliphatic carbocycles. The number of hydrogen-bond acceptors (Lipinski definition) is 7. The molecule has 0 saturated heterocycles. The van der Waals surface area contributed by atoms with Crippen LogP contribution in [0.5, 0.6) is 0 Å². The molecular formula is C8H10N6O4. The van der Waals surface area contributed by atoms with Gasteiger partial charge < -0.3 is 15.9 Å². The summed E-state index contributed by atoms with van der Waals surface area (Å²) in [5, 5.41) is 32.8. The Morgan fingerprint density at radius 1 is 1.67 bits per heavy atom. The monoisotopic (exact) mass is 254 g/mol. The van der Waals surface area contributed by atoms with Crippen LogP contribution in [-0.2, 0) is 0 Å². The van der Waals surface area contributed by atoms with Crippen LogP contribution in [0.25, 0.3) is 10.4 Å². The van der Waals surface area contributed by atoms with Gasteiger partial charge in [0.2, 0.25) is 0 Å². The number of azide groups is 1. The third-order valence-corrected chi connectivity index (χ3v) is 2.16. The number of nitrogens with two attached hydrogens (primary N) is 1. The number of aromatic nitrogens is 1. The molecule has 96 valence electrons. The molecule has 0 fully saturated rings. The molecule has 1 rings (SSSR count). The molecule has 1 aromatic heterocycles. The van der Waals surface area contributed by atoms with Crippen molar-refractivity contribution in [1.82, 2.24) is 4.98 Å². The van der Waals surface area contributed by atoms with Gasteiger partial charge in [0, 0.05) is 16.5 Å². The fourth-order valence-electron chi connectivity index (χ4n) is 1.24. The third-order valence-electron chi connectivity index (χ3n) is 2.16. The van der Waals surface area contributed by atoms with Gasteiger partial charge in [0.25, 0.3) is 5.69 Å². The van der Waals surface area contributed by atoms with E-state index >= 15 is 0 Å². The highest BCUT2D eigenvalue weighted by Crippen LogP contribution is 2.25. The van der Waals surface area contributed by atoms with Crippen molar-refractivity contribution in [3.63, 3.8) is 0 Å². The summed E-state index contributed by atoms with van der Waals surface area (Å²) >= 11 is 0. The Bertz CT molecular complexity index is 500. The third kappa shape index (κ3) is 3.04. The fraction of sp³-hybridized carbons (Fsp3) is 0.375. The predicted molar refractivity (Wildman–Crippen MR) is 60.3 cm³/mol. The van der Waals surface area contributed by atoms with E-state index in [1.165, 1.54) is 0 Å². The first-order valence-electron chi connectivity index (χ1n) is 4.74. The van der Waals surface area contributed by atoms with Crippen LogP contribution in [-0.4, -0.2) is 32.8 Å². The number of pyridine rings is 1. The Morgan fingerprint density at radius 3 is 2.89 bits per heavy atom. The van der Waals surface area contributed by atoms with Gasteiger partial charge in [0.1, 0.15) is 18.1 Å². The van der Waals surface area contributed by atoms with E-state index in [4.69, 9.17) is 11.3 Å². The van der Waals surface area contributed by atoms with Crippen molar-refractivity contribution in [2.24, 2.45) is 5.11 Å². The summed E-state index contributed by atoms with van der Waals surface area (Å²) in [6.45, 7) is -0.389. The van der Waals surface area contributed by atoms with Crippen molar-refractivity contribution in [3.8, 4) is 0 Å². The predicted octanol–water partition coefficient (Wildman–Crippen LogP) is 0.277. The number of anilines is 1. The lowest BCUT2D eigenvalue weighted by Gasteiger charge is -2.16. The van der Waals surface area contributed by atoms with Crippen LogP contribution in [0.4, 0.5) is 11.5 Å². The van der Waals surface area contributed by atoms with Crippen LogP contribution in [0.3, 0.4) is 0 Å². The van der Waals surface area contributed by atoms with Gasteiger partial charge >= 0.3 is 0 Å². The van der Waals surface area contributed by atoms with Crippen molar-refractivity contribution in [2.45, 2.75) is 12.2 Å². The summed E-state index contributed by atoms with van der Waals surface area (Å²) in [5.41, 5.74) is 13.1. The molecule has 0 amide bonds. The highest BCUT2D eigenvalue weighted by molar-refractivity contribution is 5.47. The molecule has 0 aliphatic heterocycles. The molecule has 1 heterocycles. The summed E-state index contributed by atoms with van der Waals surface area (Å²) < 4.78 is 0. The quantitative estimate of drug-likeness (QED) is 0.224. The van der Waals surface area contributed by atoms with Gasteiger partial charge in [-0.3, -0.25) is 10.1 Å². The molecule has 1 aromatic rings. The SMILES string of the molecule is [N-]=[N+]=NCC(O)C(O)c1cc([N+](=O)[O-])cnc1N. The molecular weight excluding hydrogens is 244 g/mol. The molecule has 2 unspecified atom stereocenters. The molecule has 0 radical (unpaired) electrons.